The average molecular weight is 457 g/mol. The van der Waals surface area contributed by atoms with Crippen LogP contribution in [0.2, 0.25) is 0 Å². The predicted octanol–water partition coefficient (Wildman–Crippen LogP) is 3.65. The van der Waals surface area contributed by atoms with Crippen LogP contribution in [0.5, 0.6) is 0 Å². The SMILES string of the molecule is Cc1ccc(C(=O)NCC2(c3ccccc3)CCOCC2)cc1S(=O)(=O)N1CCCCC1. The summed E-state index contributed by atoms with van der Waals surface area (Å²) in [6.07, 6.45) is 4.48. The summed E-state index contributed by atoms with van der Waals surface area (Å²) in [5.41, 5.74) is 2.06. The average Bonchev–Trinajstić information content (AvgIpc) is 2.84. The summed E-state index contributed by atoms with van der Waals surface area (Å²) in [5, 5.41) is 3.08. The monoisotopic (exact) mass is 456 g/mol. The molecule has 0 unspecified atom stereocenters. The van der Waals surface area contributed by atoms with Crippen LogP contribution in [0.4, 0.5) is 0 Å². The van der Waals surface area contributed by atoms with Crippen molar-refractivity contribution in [2.24, 2.45) is 0 Å². The number of rotatable bonds is 6. The molecule has 0 aromatic heterocycles. The van der Waals surface area contributed by atoms with Crippen LogP contribution in [0.25, 0.3) is 0 Å². The number of nitrogens with one attached hydrogen (secondary N) is 1. The molecule has 1 N–H and O–H groups in total. The molecule has 2 aliphatic rings. The molecule has 0 spiro atoms. The van der Waals surface area contributed by atoms with Gasteiger partial charge in [-0.05, 0) is 55.9 Å². The van der Waals surface area contributed by atoms with Crippen LogP contribution < -0.4 is 5.32 Å². The second kappa shape index (κ2) is 9.73. The number of sulfonamides is 1. The lowest BCUT2D eigenvalue weighted by molar-refractivity contribution is 0.0487. The molecular formula is C25H32N2O4S. The van der Waals surface area contributed by atoms with Crippen molar-refractivity contribution >= 4 is 15.9 Å². The smallest absolute Gasteiger partial charge is 0.251 e. The lowest BCUT2D eigenvalue weighted by Crippen LogP contribution is -2.44. The van der Waals surface area contributed by atoms with E-state index in [1.54, 1.807) is 23.4 Å². The summed E-state index contributed by atoms with van der Waals surface area (Å²) in [6.45, 7) is 4.67. The normalized spacial score (nSPS) is 19.4. The molecule has 0 aliphatic carbocycles. The van der Waals surface area contributed by atoms with Crippen LogP contribution in [-0.2, 0) is 20.2 Å². The fraction of sp³-hybridized carbons (Fsp3) is 0.480. The molecule has 2 fully saturated rings. The third-order valence-corrected chi connectivity index (χ3v) is 8.85. The highest BCUT2D eigenvalue weighted by Crippen LogP contribution is 2.34. The van der Waals surface area contributed by atoms with Gasteiger partial charge in [0, 0.05) is 43.8 Å². The maximum Gasteiger partial charge on any atom is 0.251 e. The highest BCUT2D eigenvalue weighted by atomic mass is 32.2. The second-order valence-electron chi connectivity index (χ2n) is 8.89. The van der Waals surface area contributed by atoms with Crippen molar-refractivity contribution in [2.45, 2.75) is 49.3 Å². The van der Waals surface area contributed by atoms with E-state index in [1.807, 2.05) is 18.2 Å². The van der Waals surface area contributed by atoms with E-state index in [0.717, 1.165) is 32.1 Å². The molecule has 0 atom stereocenters. The number of hydrogen-bond donors (Lipinski definition) is 1. The Kier molecular flexibility index (Phi) is 6.98. The Morgan fingerprint density at radius 2 is 1.72 bits per heavy atom. The Morgan fingerprint density at radius 3 is 2.41 bits per heavy atom. The summed E-state index contributed by atoms with van der Waals surface area (Å²) >= 11 is 0. The number of benzene rings is 2. The lowest BCUT2D eigenvalue weighted by atomic mass is 9.74. The number of ether oxygens (including phenoxy) is 1. The van der Waals surface area contributed by atoms with E-state index < -0.39 is 10.0 Å². The van der Waals surface area contributed by atoms with Gasteiger partial charge in [0.15, 0.2) is 0 Å². The van der Waals surface area contributed by atoms with Crippen LogP contribution in [0, 0.1) is 6.92 Å². The van der Waals surface area contributed by atoms with E-state index in [9.17, 15) is 13.2 Å². The first kappa shape index (κ1) is 23.0. The molecule has 2 aromatic carbocycles. The first-order chi connectivity index (χ1) is 15.4. The van der Waals surface area contributed by atoms with Crippen LogP contribution >= 0.6 is 0 Å². The van der Waals surface area contributed by atoms with Crippen molar-refractivity contribution < 1.29 is 17.9 Å². The quantitative estimate of drug-likeness (QED) is 0.720. The van der Waals surface area contributed by atoms with Gasteiger partial charge in [0.2, 0.25) is 10.0 Å². The van der Waals surface area contributed by atoms with Gasteiger partial charge in [-0.1, -0.05) is 42.8 Å². The molecule has 2 aromatic rings. The predicted molar refractivity (Wildman–Crippen MR) is 124 cm³/mol. The molecule has 2 aliphatic heterocycles. The maximum absolute atomic E-state index is 13.2. The van der Waals surface area contributed by atoms with E-state index >= 15 is 0 Å². The minimum Gasteiger partial charge on any atom is -0.381 e. The Labute approximate surface area is 191 Å². The van der Waals surface area contributed by atoms with E-state index in [-0.39, 0.29) is 16.2 Å². The number of carbonyl (C=O) groups excluding carboxylic acids is 1. The lowest BCUT2D eigenvalue weighted by Gasteiger charge is -2.38. The largest absolute Gasteiger partial charge is 0.381 e. The topological polar surface area (TPSA) is 75.7 Å². The third kappa shape index (κ3) is 4.75. The Bertz CT molecular complexity index is 1040. The molecule has 0 radical (unpaired) electrons. The maximum atomic E-state index is 13.2. The highest BCUT2D eigenvalue weighted by Gasteiger charge is 2.35. The zero-order valence-electron chi connectivity index (χ0n) is 18.7. The summed E-state index contributed by atoms with van der Waals surface area (Å²) in [6, 6.07) is 15.2. The van der Waals surface area contributed by atoms with Crippen LogP contribution in [0.3, 0.4) is 0 Å². The van der Waals surface area contributed by atoms with Crippen molar-refractivity contribution in [3.8, 4) is 0 Å². The Morgan fingerprint density at radius 1 is 1.03 bits per heavy atom. The molecule has 6 nitrogen and oxygen atoms in total. The Hall–Kier alpha value is -2.22. The van der Waals surface area contributed by atoms with E-state index in [4.69, 9.17) is 4.74 Å². The molecule has 0 saturated carbocycles. The molecular weight excluding hydrogens is 424 g/mol. The van der Waals surface area contributed by atoms with Crippen molar-refractivity contribution in [2.75, 3.05) is 32.8 Å². The highest BCUT2D eigenvalue weighted by molar-refractivity contribution is 7.89. The van der Waals surface area contributed by atoms with Gasteiger partial charge in [0.05, 0.1) is 4.90 Å². The zero-order valence-corrected chi connectivity index (χ0v) is 19.5. The number of hydrogen-bond acceptors (Lipinski definition) is 4. The van der Waals surface area contributed by atoms with Gasteiger partial charge >= 0.3 is 0 Å². The van der Waals surface area contributed by atoms with Gasteiger partial charge in [-0.25, -0.2) is 8.42 Å². The fourth-order valence-corrected chi connectivity index (χ4v) is 6.50. The van der Waals surface area contributed by atoms with Gasteiger partial charge in [-0.15, -0.1) is 0 Å². The van der Waals surface area contributed by atoms with Gasteiger partial charge in [0.25, 0.3) is 5.91 Å². The number of nitrogens with zero attached hydrogens (tertiary/aromatic N) is 1. The van der Waals surface area contributed by atoms with Gasteiger partial charge < -0.3 is 10.1 Å². The summed E-state index contributed by atoms with van der Waals surface area (Å²) < 4.78 is 33.5. The molecule has 1 amide bonds. The van der Waals surface area contributed by atoms with Crippen molar-refractivity contribution in [1.29, 1.82) is 0 Å². The van der Waals surface area contributed by atoms with Crippen LogP contribution in [-0.4, -0.2) is 51.5 Å². The van der Waals surface area contributed by atoms with Crippen molar-refractivity contribution in [3.05, 3.63) is 65.2 Å². The number of amides is 1. The molecule has 172 valence electrons. The minimum atomic E-state index is -3.60. The van der Waals surface area contributed by atoms with Crippen LogP contribution in [0.1, 0.15) is 53.6 Å². The Balaban J connectivity index is 1.54. The first-order valence-electron chi connectivity index (χ1n) is 11.4. The van der Waals surface area contributed by atoms with Crippen molar-refractivity contribution in [1.82, 2.24) is 9.62 Å². The van der Waals surface area contributed by atoms with Gasteiger partial charge in [-0.2, -0.15) is 4.31 Å². The molecule has 2 saturated heterocycles. The number of carbonyl (C=O) groups is 1. The van der Waals surface area contributed by atoms with Crippen LogP contribution in [0.15, 0.2) is 53.4 Å². The fourth-order valence-electron chi connectivity index (χ4n) is 4.74. The first-order valence-corrected chi connectivity index (χ1v) is 12.9. The second-order valence-corrected chi connectivity index (χ2v) is 10.8. The summed E-state index contributed by atoms with van der Waals surface area (Å²) in [7, 11) is -3.60. The molecule has 7 heteroatoms. The standard InChI is InChI=1S/C25H32N2O4S/c1-20-10-11-21(18-23(20)32(29,30)27-14-6-3-7-15-27)24(28)26-19-25(12-16-31-17-13-25)22-8-4-2-5-9-22/h2,4-5,8-11,18H,3,6-7,12-17,19H2,1H3,(H,26,28). The van der Waals surface area contributed by atoms with Gasteiger partial charge in [-0.3, -0.25) is 4.79 Å². The summed E-state index contributed by atoms with van der Waals surface area (Å²) in [4.78, 5) is 13.3. The third-order valence-electron chi connectivity index (χ3n) is 6.81. The van der Waals surface area contributed by atoms with Gasteiger partial charge in [0.1, 0.15) is 0 Å². The number of piperidine rings is 1. The number of aryl methyl sites for hydroxylation is 1. The van der Waals surface area contributed by atoms with E-state index in [0.29, 0.717) is 44.0 Å². The zero-order chi connectivity index (χ0) is 22.6. The van der Waals surface area contributed by atoms with E-state index in [2.05, 4.69) is 17.4 Å². The molecule has 32 heavy (non-hydrogen) atoms. The molecule has 0 bridgehead atoms. The van der Waals surface area contributed by atoms with Crippen molar-refractivity contribution in [3.63, 3.8) is 0 Å². The van der Waals surface area contributed by atoms with E-state index in [1.165, 1.54) is 11.6 Å². The molecule has 4 rings (SSSR count). The minimum absolute atomic E-state index is 0.178. The molecule has 2 heterocycles. The summed E-state index contributed by atoms with van der Waals surface area (Å²) in [5.74, 6) is -0.248.